The van der Waals surface area contributed by atoms with E-state index < -0.39 is 11.6 Å². The third kappa shape index (κ3) is 4.81. The van der Waals surface area contributed by atoms with Gasteiger partial charge in [-0.3, -0.25) is 4.79 Å². The number of aromatic nitrogens is 1. The number of amides is 4. The Labute approximate surface area is 181 Å². The Kier molecular flexibility index (Phi) is 5.60. The second-order valence-electron chi connectivity index (χ2n) is 9.22. The quantitative estimate of drug-likeness (QED) is 0.772. The molecule has 3 aliphatic rings. The number of ether oxygens (including phenoxy) is 1. The average Bonchev–Trinajstić information content (AvgIpc) is 3.01. The first-order valence-corrected chi connectivity index (χ1v) is 10.7. The molecule has 2 atom stereocenters. The van der Waals surface area contributed by atoms with E-state index in [2.05, 4.69) is 15.6 Å². The van der Waals surface area contributed by atoms with Gasteiger partial charge in [0.05, 0.1) is 0 Å². The monoisotopic (exact) mass is 427 g/mol. The summed E-state index contributed by atoms with van der Waals surface area (Å²) in [5.41, 5.74) is 1.56. The number of anilines is 1. The van der Waals surface area contributed by atoms with Crippen molar-refractivity contribution >= 4 is 29.4 Å². The van der Waals surface area contributed by atoms with Gasteiger partial charge < -0.3 is 25.2 Å². The minimum absolute atomic E-state index is 0.156. The summed E-state index contributed by atoms with van der Waals surface area (Å²) in [6.45, 7) is 7.22. The van der Waals surface area contributed by atoms with E-state index in [1.54, 1.807) is 22.1 Å². The summed E-state index contributed by atoms with van der Waals surface area (Å²) in [7, 11) is 0. The van der Waals surface area contributed by atoms with Crippen LogP contribution < -0.4 is 10.6 Å². The van der Waals surface area contributed by atoms with Crippen molar-refractivity contribution in [2.45, 2.75) is 57.7 Å². The zero-order valence-corrected chi connectivity index (χ0v) is 18.2. The highest BCUT2D eigenvalue weighted by molar-refractivity contribution is 5.97. The molecular formula is C22H29N5O4. The third-order valence-electron chi connectivity index (χ3n) is 5.72. The van der Waals surface area contributed by atoms with Crippen LogP contribution in [-0.4, -0.2) is 70.1 Å². The Morgan fingerprint density at radius 1 is 1.26 bits per heavy atom. The number of piperidine rings is 1. The van der Waals surface area contributed by atoms with E-state index in [9.17, 15) is 14.4 Å². The molecule has 3 aliphatic heterocycles. The maximum atomic E-state index is 12.7. The molecule has 9 heteroatoms. The minimum Gasteiger partial charge on any atom is -0.444 e. The van der Waals surface area contributed by atoms with E-state index >= 15 is 0 Å². The first-order valence-electron chi connectivity index (χ1n) is 10.7. The number of pyridine rings is 1. The predicted molar refractivity (Wildman–Crippen MR) is 115 cm³/mol. The van der Waals surface area contributed by atoms with Gasteiger partial charge in [-0.25, -0.2) is 14.6 Å². The van der Waals surface area contributed by atoms with E-state index in [-0.39, 0.29) is 24.1 Å². The fourth-order valence-corrected chi connectivity index (χ4v) is 4.13. The van der Waals surface area contributed by atoms with Crippen molar-refractivity contribution in [1.82, 2.24) is 20.1 Å². The number of nitrogens with one attached hydrogen (secondary N) is 2. The molecular weight excluding hydrogens is 398 g/mol. The molecule has 4 amide bonds. The molecule has 1 unspecified atom stereocenters. The highest BCUT2D eigenvalue weighted by Gasteiger charge is 2.41. The van der Waals surface area contributed by atoms with Gasteiger partial charge in [0, 0.05) is 31.9 Å². The summed E-state index contributed by atoms with van der Waals surface area (Å²) < 4.78 is 5.42. The number of fused-ring (bicyclic) bond motifs is 2. The number of carbonyl (C=O) groups is 3. The van der Waals surface area contributed by atoms with Crippen molar-refractivity contribution in [3.05, 3.63) is 30.0 Å². The molecule has 0 saturated carbocycles. The summed E-state index contributed by atoms with van der Waals surface area (Å²) in [5, 5.41) is 5.71. The highest BCUT2D eigenvalue weighted by atomic mass is 16.6. The first kappa shape index (κ1) is 21.1. The Balaban J connectivity index is 1.34. The molecule has 0 aliphatic carbocycles. The van der Waals surface area contributed by atoms with Crippen LogP contribution in [0.3, 0.4) is 0 Å². The third-order valence-corrected chi connectivity index (χ3v) is 5.72. The van der Waals surface area contributed by atoms with Crippen LogP contribution in [0.1, 0.15) is 45.6 Å². The van der Waals surface area contributed by atoms with Gasteiger partial charge in [-0.15, -0.1) is 0 Å². The minimum atomic E-state index is -0.511. The number of urea groups is 1. The average molecular weight is 428 g/mol. The summed E-state index contributed by atoms with van der Waals surface area (Å²) >= 11 is 0. The Morgan fingerprint density at radius 3 is 2.71 bits per heavy atom. The van der Waals surface area contributed by atoms with Gasteiger partial charge in [0.1, 0.15) is 17.5 Å². The topological polar surface area (TPSA) is 104 Å². The van der Waals surface area contributed by atoms with Crippen molar-refractivity contribution in [3.8, 4) is 0 Å². The van der Waals surface area contributed by atoms with Crippen LogP contribution in [0.4, 0.5) is 15.4 Å². The lowest BCUT2D eigenvalue weighted by atomic mass is 10.00. The van der Waals surface area contributed by atoms with Crippen LogP contribution in [0.2, 0.25) is 0 Å². The SMILES string of the molecule is CC(C)(C)OC(=O)N1CC=C(c2ccc(NC(=O)[C@@H]3CCC4CN3C(=O)N4)nc2)CC1. The van der Waals surface area contributed by atoms with E-state index in [0.717, 1.165) is 17.6 Å². The molecule has 4 rings (SSSR count). The van der Waals surface area contributed by atoms with Crippen molar-refractivity contribution < 1.29 is 19.1 Å². The van der Waals surface area contributed by atoms with Crippen molar-refractivity contribution in [2.75, 3.05) is 25.0 Å². The summed E-state index contributed by atoms with van der Waals surface area (Å²) in [4.78, 5) is 44.5. The van der Waals surface area contributed by atoms with Crippen LogP contribution in [-0.2, 0) is 9.53 Å². The number of hydrogen-bond acceptors (Lipinski definition) is 5. The molecule has 0 spiro atoms. The zero-order chi connectivity index (χ0) is 22.2. The first-order chi connectivity index (χ1) is 14.7. The van der Waals surface area contributed by atoms with Crippen molar-refractivity contribution in [2.24, 2.45) is 0 Å². The Bertz CT molecular complexity index is 905. The Hall–Kier alpha value is -3.10. The smallest absolute Gasteiger partial charge is 0.410 e. The number of hydrogen-bond donors (Lipinski definition) is 2. The van der Waals surface area contributed by atoms with Crippen LogP contribution >= 0.6 is 0 Å². The van der Waals surface area contributed by atoms with E-state index in [1.807, 2.05) is 32.9 Å². The molecule has 0 radical (unpaired) electrons. The molecule has 4 heterocycles. The molecule has 0 aromatic carbocycles. The Morgan fingerprint density at radius 2 is 2.06 bits per heavy atom. The van der Waals surface area contributed by atoms with E-state index in [1.165, 1.54) is 0 Å². The molecule has 2 fully saturated rings. The van der Waals surface area contributed by atoms with Crippen LogP contribution in [0.5, 0.6) is 0 Å². The lowest BCUT2D eigenvalue weighted by molar-refractivity contribution is -0.120. The van der Waals surface area contributed by atoms with Gasteiger partial charge in [0.25, 0.3) is 0 Å². The lowest BCUT2D eigenvalue weighted by Crippen LogP contribution is -2.47. The number of rotatable bonds is 3. The van der Waals surface area contributed by atoms with Crippen molar-refractivity contribution in [1.29, 1.82) is 0 Å². The molecule has 9 nitrogen and oxygen atoms in total. The van der Waals surface area contributed by atoms with Gasteiger partial charge >= 0.3 is 12.1 Å². The zero-order valence-electron chi connectivity index (χ0n) is 18.2. The summed E-state index contributed by atoms with van der Waals surface area (Å²) in [6.07, 6.45) is 5.59. The van der Waals surface area contributed by atoms with E-state index in [0.29, 0.717) is 38.3 Å². The largest absolute Gasteiger partial charge is 0.444 e. The van der Waals surface area contributed by atoms with Crippen molar-refractivity contribution in [3.63, 3.8) is 0 Å². The number of carbonyl (C=O) groups excluding carboxylic acids is 3. The fourth-order valence-electron chi connectivity index (χ4n) is 4.13. The van der Waals surface area contributed by atoms with Gasteiger partial charge in [-0.1, -0.05) is 6.08 Å². The highest BCUT2D eigenvalue weighted by Crippen LogP contribution is 2.25. The van der Waals surface area contributed by atoms with Gasteiger partial charge in [0.2, 0.25) is 5.91 Å². The molecule has 2 bridgehead atoms. The van der Waals surface area contributed by atoms with Crippen LogP contribution in [0.25, 0.3) is 5.57 Å². The standard InChI is InChI=1S/C22H29N5O4/c1-22(2,3)31-21(30)26-10-8-14(9-11-26)15-4-7-18(23-12-15)25-19(28)17-6-5-16-13-27(17)20(29)24-16/h4,7-8,12,16-17H,5-6,9-11,13H2,1-3H3,(H,24,29)(H,23,25,28)/t16?,17-/m0/s1. The van der Waals surface area contributed by atoms with E-state index in [4.69, 9.17) is 4.74 Å². The van der Waals surface area contributed by atoms with Crippen LogP contribution in [0.15, 0.2) is 24.4 Å². The molecule has 166 valence electrons. The van der Waals surface area contributed by atoms with Gasteiger partial charge in [0.15, 0.2) is 0 Å². The maximum absolute atomic E-state index is 12.7. The second-order valence-corrected chi connectivity index (χ2v) is 9.22. The predicted octanol–water partition coefficient (Wildman–Crippen LogP) is 2.60. The van der Waals surface area contributed by atoms with Gasteiger partial charge in [-0.2, -0.15) is 0 Å². The maximum Gasteiger partial charge on any atom is 0.410 e. The second kappa shape index (κ2) is 8.20. The molecule has 31 heavy (non-hydrogen) atoms. The lowest BCUT2D eigenvalue weighted by Gasteiger charge is -2.30. The molecule has 1 aromatic heterocycles. The fraction of sp³-hybridized carbons (Fsp3) is 0.545. The molecule has 2 saturated heterocycles. The molecule has 2 N–H and O–H groups in total. The normalized spacial score (nSPS) is 23.2. The molecule has 1 aromatic rings. The number of nitrogens with zero attached hydrogens (tertiary/aromatic N) is 3. The summed E-state index contributed by atoms with van der Waals surface area (Å²) in [5.74, 6) is 0.253. The summed E-state index contributed by atoms with van der Waals surface area (Å²) in [6, 6.07) is 3.21. The van der Waals surface area contributed by atoms with Gasteiger partial charge in [-0.05, 0) is 63.3 Å². The van der Waals surface area contributed by atoms with Crippen LogP contribution in [0, 0.1) is 0 Å².